The van der Waals surface area contributed by atoms with Gasteiger partial charge in [-0.15, -0.1) is 0 Å². The number of piperidine rings is 1. The number of nitro groups is 1. The Bertz CT molecular complexity index is 769. The van der Waals surface area contributed by atoms with Gasteiger partial charge in [-0.25, -0.2) is 4.98 Å². The Morgan fingerprint density at radius 2 is 2.20 bits per heavy atom. The summed E-state index contributed by atoms with van der Waals surface area (Å²) in [6, 6.07) is 9.05. The highest BCUT2D eigenvalue weighted by molar-refractivity contribution is 6.32. The summed E-state index contributed by atoms with van der Waals surface area (Å²) < 4.78 is 5.85. The number of nitrogens with zero attached hydrogens (tertiary/aromatic N) is 3. The van der Waals surface area contributed by atoms with E-state index in [9.17, 15) is 10.1 Å². The number of rotatable bonds is 5. The second kappa shape index (κ2) is 7.70. The lowest BCUT2D eigenvalue weighted by atomic mass is 9.98. The van der Waals surface area contributed by atoms with Crippen molar-refractivity contribution in [1.29, 1.82) is 0 Å². The number of anilines is 1. The average molecular weight is 362 g/mol. The van der Waals surface area contributed by atoms with Gasteiger partial charge in [-0.05, 0) is 38.0 Å². The van der Waals surface area contributed by atoms with Crippen LogP contribution in [0.1, 0.15) is 18.4 Å². The molecule has 25 heavy (non-hydrogen) atoms. The molecule has 132 valence electrons. The summed E-state index contributed by atoms with van der Waals surface area (Å²) in [6.45, 7) is 3.72. The first kappa shape index (κ1) is 17.5. The standard InChI is InChI=1S/C18H20ClN3O3/c1-13-8-9-20-18(17(13)22(23)24)21-10-4-5-14(11-21)12-25-16-7-3-2-6-15(16)19/h2-3,6-9,14H,4-5,10-12H2,1H3. The first-order chi connectivity index (χ1) is 12.1. The molecule has 0 bridgehead atoms. The van der Waals surface area contributed by atoms with Crippen LogP contribution in [0.15, 0.2) is 36.5 Å². The van der Waals surface area contributed by atoms with Crippen molar-refractivity contribution >= 4 is 23.1 Å². The number of halogens is 1. The van der Waals surface area contributed by atoms with Crippen LogP contribution < -0.4 is 9.64 Å². The largest absolute Gasteiger partial charge is 0.492 e. The van der Waals surface area contributed by atoms with Gasteiger partial charge in [0.05, 0.1) is 16.6 Å². The summed E-state index contributed by atoms with van der Waals surface area (Å²) in [7, 11) is 0. The van der Waals surface area contributed by atoms with Crippen LogP contribution in [-0.4, -0.2) is 29.6 Å². The normalized spacial score (nSPS) is 17.4. The SMILES string of the molecule is Cc1ccnc(N2CCCC(COc3ccccc3Cl)C2)c1[N+](=O)[O-]. The molecule has 1 atom stereocenters. The van der Waals surface area contributed by atoms with Crippen molar-refractivity contribution in [3.05, 3.63) is 57.2 Å². The van der Waals surface area contributed by atoms with Gasteiger partial charge in [-0.3, -0.25) is 10.1 Å². The summed E-state index contributed by atoms with van der Waals surface area (Å²) in [6.07, 6.45) is 3.59. The molecule has 1 aliphatic heterocycles. The van der Waals surface area contributed by atoms with Gasteiger partial charge >= 0.3 is 5.69 Å². The fraction of sp³-hybridized carbons (Fsp3) is 0.389. The molecule has 3 rings (SSSR count). The molecule has 7 heteroatoms. The lowest BCUT2D eigenvalue weighted by Gasteiger charge is -2.33. The molecule has 1 aromatic heterocycles. The van der Waals surface area contributed by atoms with Gasteiger partial charge < -0.3 is 9.64 Å². The van der Waals surface area contributed by atoms with Crippen LogP contribution in [0.2, 0.25) is 5.02 Å². The minimum absolute atomic E-state index is 0.0928. The number of hydrogen-bond acceptors (Lipinski definition) is 5. The van der Waals surface area contributed by atoms with E-state index in [-0.39, 0.29) is 16.5 Å². The molecule has 6 nitrogen and oxygen atoms in total. The quantitative estimate of drug-likeness (QED) is 0.588. The zero-order chi connectivity index (χ0) is 17.8. The van der Waals surface area contributed by atoms with Crippen molar-refractivity contribution < 1.29 is 9.66 Å². The van der Waals surface area contributed by atoms with E-state index in [1.54, 1.807) is 25.3 Å². The van der Waals surface area contributed by atoms with Crippen LogP contribution >= 0.6 is 11.6 Å². The van der Waals surface area contributed by atoms with E-state index < -0.39 is 0 Å². The minimum Gasteiger partial charge on any atom is -0.492 e. The van der Waals surface area contributed by atoms with E-state index >= 15 is 0 Å². The highest BCUT2D eigenvalue weighted by atomic mass is 35.5. The first-order valence-electron chi connectivity index (χ1n) is 8.28. The van der Waals surface area contributed by atoms with Crippen LogP contribution in [0.5, 0.6) is 5.75 Å². The van der Waals surface area contributed by atoms with Gasteiger partial charge in [0.2, 0.25) is 5.82 Å². The first-order valence-corrected chi connectivity index (χ1v) is 8.66. The molecule has 0 amide bonds. The topological polar surface area (TPSA) is 68.5 Å². The third-order valence-corrected chi connectivity index (χ3v) is 4.73. The lowest BCUT2D eigenvalue weighted by Crippen LogP contribution is -2.38. The van der Waals surface area contributed by atoms with E-state index in [0.29, 0.717) is 35.3 Å². The van der Waals surface area contributed by atoms with Crippen LogP contribution in [0.3, 0.4) is 0 Å². The van der Waals surface area contributed by atoms with Gasteiger partial charge in [0, 0.05) is 30.8 Å². The molecule has 1 unspecified atom stereocenters. The van der Waals surface area contributed by atoms with Crippen LogP contribution in [0, 0.1) is 23.0 Å². The van der Waals surface area contributed by atoms with Gasteiger partial charge in [0.15, 0.2) is 0 Å². The third-order valence-electron chi connectivity index (χ3n) is 4.42. The fourth-order valence-corrected chi connectivity index (χ4v) is 3.35. The molecule has 0 aliphatic carbocycles. The second-order valence-corrected chi connectivity index (χ2v) is 6.66. The van der Waals surface area contributed by atoms with Crippen molar-refractivity contribution in [1.82, 2.24) is 4.98 Å². The van der Waals surface area contributed by atoms with E-state index in [4.69, 9.17) is 16.3 Å². The molecule has 2 heterocycles. The minimum atomic E-state index is -0.346. The van der Waals surface area contributed by atoms with Gasteiger partial charge in [-0.2, -0.15) is 0 Å². The Morgan fingerprint density at radius 3 is 2.96 bits per heavy atom. The third kappa shape index (κ3) is 4.02. The van der Waals surface area contributed by atoms with E-state index in [2.05, 4.69) is 4.98 Å². The maximum absolute atomic E-state index is 11.4. The molecule has 1 aliphatic rings. The summed E-state index contributed by atoms with van der Waals surface area (Å²) in [5.41, 5.74) is 0.722. The summed E-state index contributed by atoms with van der Waals surface area (Å²) in [5.74, 6) is 1.39. The molecule has 0 N–H and O–H groups in total. The predicted molar refractivity (Wildman–Crippen MR) is 97.5 cm³/mol. The zero-order valence-electron chi connectivity index (χ0n) is 14.0. The van der Waals surface area contributed by atoms with Crippen molar-refractivity contribution in [3.8, 4) is 5.75 Å². The molecular weight excluding hydrogens is 342 g/mol. The number of pyridine rings is 1. The molecular formula is C18H20ClN3O3. The predicted octanol–water partition coefficient (Wildman–Crippen LogP) is 4.25. The summed E-state index contributed by atoms with van der Waals surface area (Å²) in [4.78, 5) is 17.3. The number of ether oxygens (including phenoxy) is 1. The molecule has 2 aromatic rings. The Labute approximate surface area is 151 Å². The number of para-hydroxylation sites is 1. The van der Waals surface area contributed by atoms with Crippen molar-refractivity contribution in [2.45, 2.75) is 19.8 Å². The lowest BCUT2D eigenvalue weighted by molar-refractivity contribution is -0.384. The Morgan fingerprint density at radius 1 is 1.40 bits per heavy atom. The molecule has 0 spiro atoms. The Hall–Kier alpha value is -2.34. The van der Waals surface area contributed by atoms with Crippen molar-refractivity contribution in [3.63, 3.8) is 0 Å². The maximum atomic E-state index is 11.4. The van der Waals surface area contributed by atoms with E-state index in [1.807, 2.05) is 23.1 Å². The monoisotopic (exact) mass is 361 g/mol. The van der Waals surface area contributed by atoms with Crippen molar-refractivity contribution in [2.24, 2.45) is 5.92 Å². The fourth-order valence-electron chi connectivity index (χ4n) is 3.16. The van der Waals surface area contributed by atoms with Crippen LogP contribution in [-0.2, 0) is 0 Å². The Kier molecular flexibility index (Phi) is 5.38. The van der Waals surface area contributed by atoms with E-state index in [0.717, 1.165) is 19.4 Å². The van der Waals surface area contributed by atoms with Gasteiger partial charge in [-0.1, -0.05) is 23.7 Å². The second-order valence-electron chi connectivity index (χ2n) is 6.25. The molecule has 1 fully saturated rings. The zero-order valence-corrected chi connectivity index (χ0v) is 14.8. The average Bonchev–Trinajstić information content (AvgIpc) is 2.61. The molecule has 0 saturated carbocycles. The number of aromatic nitrogens is 1. The highest BCUT2D eigenvalue weighted by Gasteiger charge is 2.28. The van der Waals surface area contributed by atoms with Gasteiger partial charge in [0.1, 0.15) is 5.75 Å². The number of aryl methyl sites for hydroxylation is 1. The van der Waals surface area contributed by atoms with Gasteiger partial charge in [0.25, 0.3) is 0 Å². The highest BCUT2D eigenvalue weighted by Crippen LogP contribution is 2.32. The maximum Gasteiger partial charge on any atom is 0.314 e. The smallest absolute Gasteiger partial charge is 0.314 e. The molecule has 1 aromatic carbocycles. The Balaban J connectivity index is 1.71. The molecule has 1 saturated heterocycles. The van der Waals surface area contributed by atoms with Crippen LogP contribution in [0.25, 0.3) is 0 Å². The summed E-state index contributed by atoms with van der Waals surface area (Å²) in [5, 5.41) is 12.0. The van der Waals surface area contributed by atoms with Crippen LogP contribution in [0.4, 0.5) is 11.5 Å². The molecule has 0 radical (unpaired) electrons. The number of hydrogen-bond donors (Lipinski definition) is 0. The van der Waals surface area contributed by atoms with E-state index in [1.165, 1.54) is 0 Å². The van der Waals surface area contributed by atoms with Crippen molar-refractivity contribution in [2.75, 3.05) is 24.6 Å². The summed E-state index contributed by atoms with van der Waals surface area (Å²) >= 11 is 6.12. The number of benzene rings is 1.